The van der Waals surface area contributed by atoms with E-state index in [0.29, 0.717) is 0 Å². The van der Waals surface area contributed by atoms with Gasteiger partial charge in [-0.2, -0.15) is 13.2 Å². The van der Waals surface area contributed by atoms with E-state index in [-0.39, 0.29) is 19.0 Å². The van der Waals surface area contributed by atoms with Crippen LogP contribution in [0.1, 0.15) is 16.7 Å². The molecule has 0 saturated heterocycles. The molecule has 21 heavy (non-hydrogen) atoms. The van der Waals surface area contributed by atoms with Crippen LogP contribution in [0, 0.1) is 0 Å². The number of hydrogen-bond donors (Lipinski definition) is 2. The first kappa shape index (κ1) is 17.7. The quantitative estimate of drug-likeness (QED) is 0.870. The predicted octanol–water partition coefficient (Wildman–Crippen LogP) is 1.91. The first-order valence-corrected chi connectivity index (χ1v) is 6.16. The van der Waals surface area contributed by atoms with Crippen molar-refractivity contribution in [2.75, 3.05) is 13.2 Å². The van der Waals surface area contributed by atoms with E-state index in [1.165, 1.54) is 11.1 Å². The van der Waals surface area contributed by atoms with Crippen LogP contribution >= 0.6 is 12.4 Å². The monoisotopic (exact) mass is 324 g/mol. The van der Waals surface area contributed by atoms with E-state index in [4.69, 9.17) is 0 Å². The number of benzene rings is 1. The number of rotatable bonds is 5. The average molecular weight is 325 g/mol. The van der Waals surface area contributed by atoms with E-state index in [9.17, 15) is 18.0 Å². The Morgan fingerprint density at radius 2 is 2.00 bits per heavy atom. The zero-order chi connectivity index (χ0) is 14.6. The van der Waals surface area contributed by atoms with Crippen molar-refractivity contribution in [1.82, 2.24) is 10.6 Å². The third-order valence-electron chi connectivity index (χ3n) is 2.89. The molecule has 0 spiro atoms. The van der Waals surface area contributed by atoms with Crippen LogP contribution in [0.2, 0.25) is 0 Å². The molecule has 0 aliphatic carbocycles. The fraction of sp³-hybridized carbons (Fsp3) is 0.462. The minimum absolute atomic E-state index is 0. The molecule has 0 radical (unpaired) electrons. The van der Waals surface area contributed by atoms with Crippen LogP contribution in [-0.2, 0) is 29.2 Å². The molecule has 0 bridgehead atoms. The van der Waals surface area contributed by atoms with Crippen LogP contribution in [0.25, 0.3) is 0 Å². The van der Waals surface area contributed by atoms with Crippen molar-refractivity contribution in [2.24, 2.45) is 0 Å². The van der Waals surface area contributed by atoms with Crippen LogP contribution in [0.3, 0.4) is 0 Å². The molecule has 0 saturated carbocycles. The number of carbonyl (C=O) groups is 1. The van der Waals surface area contributed by atoms with Crippen molar-refractivity contribution in [3.63, 3.8) is 0 Å². The fourth-order valence-electron chi connectivity index (χ4n) is 1.97. The predicted molar refractivity (Wildman–Crippen MR) is 73.0 cm³/mol. The molecule has 2 N–H and O–H groups in total. The van der Waals surface area contributed by atoms with E-state index in [0.717, 1.165) is 18.7 Å². The van der Waals surface area contributed by atoms with Crippen molar-refractivity contribution >= 4 is 18.3 Å². The number of fused-ring (bicyclic) bond motifs is 1. The first-order valence-electron chi connectivity index (χ1n) is 6.16. The largest absolute Gasteiger partial charge is 0.411 e. The summed E-state index contributed by atoms with van der Waals surface area (Å²) in [6.07, 6.45) is -4.41. The molecule has 1 aromatic rings. The lowest BCUT2D eigenvalue weighted by atomic mass is 10.1. The Morgan fingerprint density at radius 1 is 1.29 bits per heavy atom. The van der Waals surface area contributed by atoms with Gasteiger partial charge in [0.25, 0.3) is 0 Å². The third kappa shape index (κ3) is 5.91. The smallest absolute Gasteiger partial charge is 0.362 e. The van der Waals surface area contributed by atoms with Crippen molar-refractivity contribution in [1.29, 1.82) is 0 Å². The number of carbonyl (C=O) groups excluding carboxylic acids is 1. The summed E-state index contributed by atoms with van der Waals surface area (Å²) in [6, 6.07) is 5.85. The van der Waals surface area contributed by atoms with Crippen LogP contribution in [0.4, 0.5) is 13.2 Å². The summed E-state index contributed by atoms with van der Waals surface area (Å²) >= 11 is 0. The standard InChI is InChI=1S/C13H15F3N2O2.ClH/c14-13(15,16)8-20-7-12(19)18-4-9-1-2-10-5-17-6-11(10)3-9;/h1-3,17H,4-8H2,(H,18,19);1H. The Hall–Kier alpha value is -1.31. The van der Waals surface area contributed by atoms with Crippen molar-refractivity contribution in [2.45, 2.75) is 25.8 Å². The first-order chi connectivity index (χ1) is 9.44. The van der Waals surface area contributed by atoms with Gasteiger partial charge in [-0.25, -0.2) is 0 Å². The second-order valence-electron chi connectivity index (χ2n) is 4.59. The highest BCUT2D eigenvalue weighted by Gasteiger charge is 2.27. The molecule has 8 heteroatoms. The Morgan fingerprint density at radius 3 is 2.71 bits per heavy atom. The minimum atomic E-state index is -4.41. The summed E-state index contributed by atoms with van der Waals surface area (Å²) in [5.41, 5.74) is 3.33. The fourth-order valence-corrected chi connectivity index (χ4v) is 1.97. The summed E-state index contributed by atoms with van der Waals surface area (Å²) in [5.74, 6) is -0.562. The summed E-state index contributed by atoms with van der Waals surface area (Å²) in [5, 5.41) is 5.73. The third-order valence-corrected chi connectivity index (χ3v) is 2.89. The maximum Gasteiger partial charge on any atom is 0.411 e. The summed E-state index contributed by atoms with van der Waals surface area (Å²) in [7, 11) is 0. The molecule has 0 fully saturated rings. The molecule has 1 heterocycles. The number of hydrogen-bond acceptors (Lipinski definition) is 3. The van der Waals surface area contributed by atoms with Gasteiger partial charge < -0.3 is 15.4 Å². The Bertz CT molecular complexity index is 495. The molecule has 2 rings (SSSR count). The normalized spacial score (nSPS) is 13.5. The van der Waals surface area contributed by atoms with Gasteiger partial charge in [-0.3, -0.25) is 4.79 Å². The highest BCUT2D eigenvalue weighted by Crippen LogP contribution is 2.17. The van der Waals surface area contributed by atoms with Gasteiger partial charge in [0, 0.05) is 19.6 Å². The van der Waals surface area contributed by atoms with Gasteiger partial charge in [-0.05, 0) is 16.7 Å². The number of alkyl halides is 3. The van der Waals surface area contributed by atoms with Gasteiger partial charge in [0.1, 0.15) is 13.2 Å². The highest BCUT2D eigenvalue weighted by molar-refractivity contribution is 5.85. The number of halogens is 4. The zero-order valence-electron chi connectivity index (χ0n) is 11.1. The van der Waals surface area contributed by atoms with Crippen LogP contribution in [-0.4, -0.2) is 25.3 Å². The van der Waals surface area contributed by atoms with Crippen molar-refractivity contribution in [3.8, 4) is 0 Å². The lowest BCUT2D eigenvalue weighted by Gasteiger charge is -2.09. The molecular formula is C13H16ClF3N2O2. The molecular weight excluding hydrogens is 309 g/mol. The highest BCUT2D eigenvalue weighted by atomic mass is 35.5. The summed E-state index contributed by atoms with van der Waals surface area (Å²) < 4.78 is 39.7. The molecule has 118 valence electrons. The summed E-state index contributed by atoms with van der Waals surface area (Å²) in [6.45, 7) is -0.0858. The molecule has 4 nitrogen and oxygen atoms in total. The Balaban J connectivity index is 0.00000220. The maximum absolute atomic E-state index is 11.8. The zero-order valence-corrected chi connectivity index (χ0v) is 11.9. The van der Waals surface area contributed by atoms with Gasteiger partial charge in [-0.1, -0.05) is 18.2 Å². The molecule has 1 aromatic carbocycles. The Kier molecular flexibility index (Phi) is 6.44. The maximum atomic E-state index is 11.8. The summed E-state index contributed by atoms with van der Waals surface area (Å²) in [4.78, 5) is 11.3. The van der Waals surface area contributed by atoms with Crippen LogP contribution in [0.15, 0.2) is 18.2 Å². The van der Waals surface area contributed by atoms with Gasteiger partial charge in [0.05, 0.1) is 0 Å². The van der Waals surface area contributed by atoms with E-state index in [1.807, 2.05) is 18.2 Å². The van der Waals surface area contributed by atoms with E-state index >= 15 is 0 Å². The van der Waals surface area contributed by atoms with Crippen LogP contribution < -0.4 is 10.6 Å². The van der Waals surface area contributed by atoms with E-state index < -0.39 is 25.3 Å². The van der Waals surface area contributed by atoms with Gasteiger partial charge in [0.2, 0.25) is 5.91 Å². The number of nitrogens with one attached hydrogen (secondary N) is 2. The molecule has 1 amide bonds. The topological polar surface area (TPSA) is 50.4 Å². The van der Waals surface area contributed by atoms with Gasteiger partial charge in [-0.15, -0.1) is 12.4 Å². The molecule has 1 aliphatic rings. The lowest BCUT2D eigenvalue weighted by Crippen LogP contribution is -2.29. The second kappa shape index (κ2) is 7.63. The minimum Gasteiger partial charge on any atom is -0.362 e. The Labute approximate surface area is 126 Å². The average Bonchev–Trinajstić information content (AvgIpc) is 2.82. The van der Waals surface area contributed by atoms with Gasteiger partial charge >= 0.3 is 6.18 Å². The molecule has 0 atom stereocenters. The van der Waals surface area contributed by atoms with Crippen molar-refractivity contribution in [3.05, 3.63) is 34.9 Å². The van der Waals surface area contributed by atoms with Crippen molar-refractivity contribution < 1.29 is 22.7 Å². The molecule has 0 unspecified atom stereocenters. The molecule has 0 aromatic heterocycles. The lowest BCUT2D eigenvalue weighted by molar-refractivity contribution is -0.175. The van der Waals surface area contributed by atoms with Crippen LogP contribution in [0.5, 0.6) is 0 Å². The van der Waals surface area contributed by atoms with Gasteiger partial charge in [0.15, 0.2) is 0 Å². The number of amides is 1. The number of ether oxygens (including phenoxy) is 1. The second-order valence-corrected chi connectivity index (χ2v) is 4.59. The SMILES string of the molecule is Cl.O=C(COCC(F)(F)F)NCc1ccc2c(c1)CNC2. The molecule has 1 aliphatic heterocycles. The van der Waals surface area contributed by atoms with E-state index in [1.54, 1.807) is 0 Å². The van der Waals surface area contributed by atoms with E-state index in [2.05, 4.69) is 15.4 Å².